The second kappa shape index (κ2) is 8.13. The summed E-state index contributed by atoms with van der Waals surface area (Å²) in [5, 5.41) is 9.87. The summed E-state index contributed by atoms with van der Waals surface area (Å²) < 4.78 is 16.2. The molecule has 0 N–H and O–H groups in total. The van der Waals surface area contributed by atoms with Crippen molar-refractivity contribution in [1.82, 2.24) is 4.98 Å². The fraction of sp³-hybridized carbons (Fsp3) is 0.273. The Bertz CT molecular complexity index is 1030. The fourth-order valence-electron chi connectivity index (χ4n) is 3.41. The molecule has 0 bridgehead atoms. The van der Waals surface area contributed by atoms with Gasteiger partial charge >= 0.3 is 0 Å². The van der Waals surface area contributed by atoms with E-state index in [0.717, 1.165) is 39.8 Å². The third-order valence-electron chi connectivity index (χ3n) is 4.93. The molecular weight excluding hydrogens is 386 g/mol. The average Bonchev–Trinajstić information content (AvgIpc) is 3.39. The third-order valence-corrected chi connectivity index (χ3v) is 5.88. The van der Waals surface area contributed by atoms with Crippen LogP contribution in [0.25, 0.3) is 0 Å². The second-order valence-corrected chi connectivity index (χ2v) is 7.56. The van der Waals surface area contributed by atoms with Crippen molar-refractivity contribution in [3.05, 3.63) is 64.7 Å². The Morgan fingerprint density at radius 2 is 1.72 bits per heavy atom. The van der Waals surface area contributed by atoms with E-state index in [1.54, 1.807) is 32.7 Å². The smallest absolute Gasteiger partial charge is 0.206 e. The lowest BCUT2D eigenvalue weighted by atomic mass is 9.98. The molecule has 3 aromatic rings. The molecule has 1 atom stereocenters. The van der Waals surface area contributed by atoms with E-state index >= 15 is 0 Å². The zero-order valence-electron chi connectivity index (χ0n) is 16.9. The highest BCUT2D eigenvalue weighted by atomic mass is 32.1. The van der Waals surface area contributed by atoms with Crippen LogP contribution in [0.15, 0.2) is 52.9 Å². The number of thiazole rings is 1. The van der Waals surface area contributed by atoms with Gasteiger partial charge in [-0.3, -0.25) is 0 Å². The number of rotatable bonds is 6. The largest absolute Gasteiger partial charge is 0.497 e. The predicted octanol–water partition coefficient (Wildman–Crippen LogP) is 4.83. The molecule has 1 aliphatic heterocycles. The molecule has 1 aromatic heterocycles. The third kappa shape index (κ3) is 3.78. The van der Waals surface area contributed by atoms with Crippen molar-refractivity contribution < 1.29 is 14.2 Å². The van der Waals surface area contributed by atoms with E-state index in [1.165, 1.54) is 0 Å². The summed E-state index contributed by atoms with van der Waals surface area (Å²) in [7, 11) is 4.96. The SMILES string of the molecule is COc1ccc(C2=NN(c3nc(C)cs3)C(c3ccc(OC)c(OC)c3)C2)cc1. The Balaban J connectivity index is 1.72. The molecule has 29 heavy (non-hydrogen) atoms. The first-order chi connectivity index (χ1) is 14.1. The Kier molecular flexibility index (Phi) is 5.40. The maximum atomic E-state index is 5.51. The first-order valence-corrected chi connectivity index (χ1v) is 10.2. The van der Waals surface area contributed by atoms with Gasteiger partial charge in [0.05, 0.1) is 38.8 Å². The van der Waals surface area contributed by atoms with Crippen LogP contribution in [-0.4, -0.2) is 32.0 Å². The molecular formula is C22H23N3O3S. The second-order valence-electron chi connectivity index (χ2n) is 6.73. The van der Waals surface area contributed by atoms with Gasteiger partial charge in [0.2, 0.25) is 5.13 Å². The number of nitrogens with zero attached hydrogens (tertiary/aromatic N) is 3. The molecule has 0 amide bonds. The minimum atomic E-state index is 0.0254. The average molecular weight is 410 g/mol. The van der Waals surface area contributed by atoms with E-state index in [2.05, 4.69) is 11.1 Å². The van der Waals surface area contributed by atoms with Gasteiger partial charge in [-0.2, -0.15) is 5.10 Å². The summed E-state index contributed by atoms with van der Waals surface area (Å²) in [6.45, 7) is 2.00. The fourth-order valence-corrected chi connectivity index (χ4v) is 4.21. The van der Waals surface area contributed by atoms with Crippen LogP contribution in [0.1, 0.15) is 29.3 Å². The van der Waals surface area contributed by atoms with E-state index in [4.69, 9.17) is 19.3 Å². The highest BCUT2D eigenvalue weighted by molar-refractivity contribution is 7.13. The van der Waals surface area contributed by atoms with E-state index in [1.807, 2.05) is 53.7 Å². The van der Waals surface area contributed by atoms with Gasteiger partial charge < -0.3 is 14.2 Å². The van der Waals surface area contributed by atoms with Crippen molar-refractivity contribution in [1.29, 1.82) is 0 Å². The van der Waals surface area contributed by atoms with Gasteiger partial charge in [-0.25, -0.2) is 9.99 Å². The summed E-state index contributed by atoms with van der Waals surface area (Å²) in [4.78, 5) is 4.66. The van der Waals surface area contributed by atoms with Crippen LogP contribution >= 0.6 is 11.3 Å². The molecule has 0 saturated carbocycles. The van der Waals surface area contributed by atoms with Gasteiger partial charge in [0.1, 0.15) is 5.75 Å². The molecule has 2 heterocycles. The van der Waals surface area contributed by atoms with Crippen LogP contribution < -0.4 is 19.2 Å². The van der Waals surface area contributed by atoms with Gasteiger partial charge in [-0.05, 0) is 54.4 Å². The molecule has 6 nitrogen and oxygen atoms in total. The molecule has 1 unspecified atom stereocenters. The van der Waals surface area contributed by atoms with Crippen molar-refractivity contribution in [2.24, 2.45) is 5.10 Å². The van der Waals surface area contributed by atoms with Gasteiger partial charge in [0.15, 0.2) is 11.5 Å². The van der Waals surface area contributed by atoms with Crippen molar-refractivity contribution in [3.8, 4) is 17.2 Å². The molecule has 2 aromatic carbocycles. The van der Waals surface area contributed by atoms with Crippen LogP contribution in [0.2, 0.25) is 0 Å². The normalized spacial score (nSPS) is 15.9. The number of anilines is 1. The lowest BCUT2D eigenvalue weighted by Crippen LogP contribution is -2.18. The van der Waals surface area contributed by atoms with Crippen molar-refractivity contribution in [2.45, 2.75) is 19.4 Å². The Morgan fingerprint density at radius 3 is 2.34 bits per heavy atom. The molecule has 0 aliphatic carbocycles. The Hall–Kier alpha value is -3.06. The highest BCUT2D eigenvalue weighted by Gasteiger charge is 2.32. The Morgan fingerprint density at radius 1 is 0.966 bits per heavy atom. The molecule has 0 radical (unpaired) electrons. The number of ether oxygens (including phenoxy) is 3. The first kappa shape index (κ1) is 19.3. The van der Waals surface area contributed by atoms with Gasteiger partial charge in [0, 0.05) is 11.8 Å². The van der Waals surface area contributed by atoms with Crippen molar-refractivity contribution in [3.63, 3.8) is 0 Å². The van der Waals surface area contributed by atoms with Crippen LogP contribution in [0.4, 0.5) is 5.13 Å². The van der Waals surface area contributed by atoms with Gasteiger partial charge in [-0.15, -0.1) is 11.3 Å². The summed E-state index contributed by atoms with van der Waals surface area (Å²) in [6.07, 6.45) is 0.764. The van der Waals surface area contributed by atoms with Crippen molar-refractivity contribution >= 4 is 22.2 Å². The Labute approximate surface area is 174 Å². The van der Waals surface area contributed by atoms with E-state index in [-0.39, 0.29) is 6.04 Å². The van der Waals surface area contributed by atoms with Gasteiger partial charge in [0.25, 0.3) is 0 Å². The molecule has 4 rings (SSSR count). The molecule has 7 heteroatoms. The zero-order chi connectivity index (χ0) is 20.4. The van der Waals surface area contributed by atoms with Crippen molar-refractivity contribution in [2.75, 3.05) is 26.3 Å². The summed E-state index contributed by atoms with van der Waals surface area (Å²) in [6, 6.07) is 14.0. The van der Waals surface area contributed by atoms with E-state index in [0.29, 0.717) is 11.5 Å². The summed E-state index contributed by atoms with van der Waals surface area (Å²) in [5.74, 6) is 2.25. The standard InChI is InChI=1S/C22H23N3O3S/c1-14-13-29-22(23-14)25-19(16-7-10-20(27-3)21(11-16)28-4)12-18(24-25)15-5-8-17(26-2)9-6-15/h5-11,13,19H,12H2,1-4H3. The predicted molar refractivity (Wildman–Crippen MR) is 116 cm³/mol. The zero-order valence-corrected chi connectivity index (χ0v) is 17.7. The lowest BCUT2D eigenvalue weighted by molar-refractivity contribution is 0.354. The number of aryl methyl sites for hydroxylation is 1. The first-order valence-electron chi connectivity index (χ1n) is 9.28. The lowest BCUT2D eigenvalue weighted by Gasteiger charge is -2.22. The number of hydrogen-bond donors (Lipinski definition) is 0. The van der Waals surface area contributed by atoms with Crippen LogP contribution in [-0.2, 0) is 0 Å². The maximum absolute atomic E-state index is 5.51. The number of benzene rings is 2. The monoisotopic (exact) mass is 409 g/mol. The van der Waals surface area contributed by atoms with Crippen LogP contribution in [0, 0.1) is 6.92 Å². The molecule has 0 spiro atoms. The highest BCUT2D eigenvalue weighted by Crippen LogP contribution is 2.40. The summed E-state index contributed by atoms with van der Waals surface area (Å²) >= 11 is 1.60. The van der Waals surface area contributed by atoms with Crippen LogP contribution in [0.5, 0.6) is 17.2 Å². The molecule has 0 fully saturated rings. The molecule has 0 saturated heterocycles. The van der Waals surface area contributed by atoms with Gasteiger partial charge in [-0.1, -0.05) is 6.07 Å². The number of hydrogen-bond acceptors (Lipinski definition) is 7. The topological polar surface area (TPSA) is 56.2 Å². The molecule has 1 aliphatic rings. The number of hydrazone groups is 1. The minimum Gasteiger partial charge on any atom is -0.497 e. The van der Waals surface area contributed by atoms with Crippen LogP contribution in [0.3, 0.4) is 0 Å². The quantitative estimate of drug-likeness (QED) is 0.583. The minimum absolute atomic E-state index is 0.0254. The molecule has 150 valence electrons. The number of aromatic nitrogens is 1. The maximum Gasteiger partial charge on any atom is 0.206 e. The van der Waals surface area contributed by atoms with E-state index in [9.17, 15) is 0 Å². The summed E-state index contributed by atoms with van der Waals surface area (Å²) in [5.41, 5.74) is 4.18. The van der Waals surface area contributed by atoms with E-state index < -0.39 is 0 Å². The number of methoxy groups -OCH3 is 3.